The van der Waals surface area contributed by atoms with Gasteiger partial charge < -0.3 is 9.47 Å². The number of hydrogen-bond acceptors (Lipinski definition) is 2. The van der Waals surface area contributed by atoms with E-state index in [4.69, 9.17) is 9.47 Å². The summed E-state index contributed by atoms with van der Waals surface area (Å²) in [5, 5.41) is 0. The molecule has 27 heavy (non-hydrogen) atoms. The van der Waals surface area contributed by atoms with E-state index in [1.807, 2.05) is 6.07 Å². The van der Waals surface area contributed by atoms with Crippen LogP contribution in [-0.4, -0.2) is 14.2 Å². The molecule has 0 spiro atoms. The van der Waals surface area contributed by atoms with E-state index in [2.05, 4.69) is 39.8 Å². The van der Waals surface area contributed by atoms with Crippen molar-refractivity contribution in [2.24, 2.45) is 10.8 Å². The second-order valence-electron chi connectivity index (χ2n) is 9.27. The number of methoxy groups -OCH3 is 2. The average Bonchev–Trinajstić information content (AvgIpc) is 3.33. The van der Waals surface area contributed by atoms with Crippen LogP contribution >= 0.6 is 0 Å². The van der Waals surface area contributed by atoms with Gasteiger partial charge in [-0.25, -0.2) is 4.39 Å². The van der Waals surface area contributed by atoms with Crippen LogP contribution in [0.2, 0.25) is 0 Å². The minimum atomic E-state index is -0.239. The Morgan fingerprint density at radius 2 is 1.74 bits per heavy atom. The Morgan fingerprint density at radius 1 is 1.04 bits per heavy atom. The highest BCUT2D eigenvalue weighted by molar-refractivity contribution is 5.70. The standard InChI is InChI=1S/C24H31FO2/c1-23(2,3)15-16-7-9-18(19-14-17(26-5)8-10-21(19)25)20(13-16)22(27-6)24(4)11-12-24/h7-10,13-14,22H,11-12,15H2,1-6H3/t22-/m1/s1. The minimum absolute atomic E-state index is 0.0435. The van der Waals surface area contributed by atoms with Crippen molar-refractivity contribution in [1.82, 2.24) is 0 Å². The predicted octanol–water partition coefficient (Wildman–Crippen LogP) is 6.58. The van der Waals surface area contributed by atoms with Crippen LogP contribution in [0.25, 0.3) is 11.1 Å². The van der Waals surface area contributed by atoms with Crippen molar-refractivity contribution >= 4 is 0 Å². The number of benzene rings is 2. The fraction of sp³-hybridized carbons (Fsp3) is 0.500. The third-order valence-electron chi connectivity index (χ3n) is 5.50. The normalized spacial score (nSPS) is 16.9. The highest BCUT2D eigenvalue weighted by Gasteiger charge is 2.46. The molecule has 0 aromatic heterocycles. The Kier molecular flexibility index (Phi) is 5.36. The van der Waals surface area contributed by atoms with Crippen LogP contribution in [0.4, 0.5) is 4.39 Å². The van der Waals surface area contributed by atoms with E-state index in [1.165, 1.54) is 11.6 Å². The van der Waals surface area contributed by atoms with Crippen molar-refractivity contribution in [1.29, 1.82) is 0 Å². The molecule has 146 valence electrons. The molecule has 2 nitrogen and oxygen atoms in total. The first kappa shape index (κ1) is 19.9. The summed E-state index contributed by atoms with van der Waals surface area (Å²) in [6.45, 7) is 8.96. The van der Waals surface area contributed by atoms with Crippen molar-refractivity contribution in [2.75, 3.05) is 14.2 Å². The monoisotopic (exact) mass is 370 g/mol. The highest BCUT2D eigenvalue weighted by Crippen LogP contribution is 2.57. The van der Waals surface area contributed by atoms with Crippen LogP contribution in [0.5, 0.6) is 5.75 Å². The van der Waals surface area contributed by atoms with Crippen molar-refractivity contribution in [3.05, 3.63) is 53.3 Å². The summed E-state index contributed by atoms with van der Waals surface area (Å²) in [6, 6.07) is 11.3. The summed E-state index contributed by atoms with van der Waals surface area (Å²) in [4.78, 5) is 0. The molecule has 0 amide bonds. The summed E-state index contributed by atoms with van der Waals surface area (Å²) >= 11 is 0. The molecule has 0 unspecified atom stereocenters. The molecule has 0 N–H and O–H groups in total. The lowest BCUT2D eigenvalue weighted by molar-refractivity contribution is 0.0469. The third-order valence-corrected chi connectivity index (χ3v) is 5.50. The zero-order valence-corrected chi connectivity index (χ0v) is 17.4. The molecule has 3 rings (SSSR count). The Bertz CT molecular complexity index is 816. The van der Waals surface area contributed by atoms with Gasteiger partial charge in [0.15, 0.2) is 0 Å². The smallest absolute Gasteiger partial charge is 0.131 e. The highest BCUT2D eigenvalue weighted by atomic mass is 19.1. The van der Waals surface area contributed by atoms with Crippen LogP contribution in [0.15, 0.2) is 36.4 Å². The van der Waals surface area contributed by atoms with Gasteiger partial charge in [0, 0.05) is 12.7 Å². The number of hydrogen-bond donors (Lipinski definition) is 0. The number of halogens is 1. The summed E-state index contributed by atoms with van der Waals surface area (Å²) < 4.78 is 26.0. The quantitative estimate of drug-likeness (QED) is 0.572. The van der Waals surface area contributed by atoms with Crippen LogP contribution in [0.1, 0.15) is 57.8 Å². The van der Waals surface area contributed by atoms with Crippen LogP contribution < -0.4 is 4.74 Å². The van der Waals surface area contributed by atoms with Crippen molar-refractivity contribution in [3.63, 3.8) is 0 Å². The van der Waals surface area contributed by atoms with Gasteiger partial charge in [0.05, 0.1) is 13.2 Å². The molecule has 1 aliphatic carbocycles. The summed E-state index contributed by atoms with van der Waals surface area (Å²) in [6.07, 6.45) is 3.19. The molecule has 0 saturated heterocycles. The molecular weight excluding hydrogens is 339 g/mol. The molecule has 0 heterocycles. The molecule has 0 aliphatic heterocycles. The fourth-order valence-electron chi connectivity index (χ4n) is 3.88. The first-order chi connectivity index (χ1) is 12.7. The Labute approximate surface area is 162 Å². The number of rotatable bonds is 6. The second kappa shape index (κ2) is 7.27. The van der Waals surface area contributed by atoms with Crippen LogP contribution in [0.3, 0.4) is 0 Å². The van der Waals surface area contributed by atoms with Gasteiger partial charge >= 0.3 is 0 Å². The molecule has 2 aromatic rings. The molecular formula is C24H31FO2. The molecule has 3 heteroatoms. The van der Waals surface area contributed by atoms with Gasteiger partial charge in [-0.1, -0.05) is 45.9 Å². The number of ether oxygens (including phenoxy) is 2. The van der Waals surface area contributed by atoms with Crippen molar-refractivity contribution in [2.45, 2.75) is 53.1 Å². The lowest BCUT2D eigenvalue weighted by Crippen LogP contribution is -2.16. The molecule has 1 saturated carbocycles. The summed E-state index contributed by atoms with van der Waals surface area (Å²) in [5.74, 6) is 0.416. The van der Waals surface area contributed by atoms with Crippen molar-refractivity contribution < 1.29 is 13.9 Å². The van der Waals surface area contributed by atoms with Gasteiger partial charge in [-0.15, -0.1) is 0 Å². The lowest BCUT2D eigenvalue weighted by Gasteiger charge is -2.27. The van der Waals surface area contributed by atoms with E-state index in [1.54, 1.807) is 26.4 Å². The van der Waals surface area contributed by atoms with E-state index in [0.717, 1.165) is 30.4 Å². The molecule has 0 bridgehead atoms. The van der Waals surface area contributed by atoms with E-state index >= 15 is 0 Å². The van der Waals surface area contributed by atoms with E-state index in [0.29, 0.717) is 11.3 Å². The largest absolute Gasteiger partial charge is 0.497 e. The van der Waals surface area contributed by atoms with Crippen LogP contribution in [0, 0.1) is 16.6 Å². The second-order valence-corrected chi connectivity index (χ2v) is 9.27. The molecule has 2 aromatic carbocycles. The Balaban J connectivity index is 2.15. The van der Waals surface area contributed by atoms with Gasteiger partial charge in [0.1, 0.15) is 11.6 Å². The van der Waals surface area contributed by atoms with Crippen LogP contribution in [-0.2, 0) is 11.2 Å². The van der Waals surface area contributed by atoms with Crippen molar-refractivity contribution in [3.8, 4) is 16.9 Å². The maximum absolute atomic E-state index is 14.7. The zero-order valence-electron chi connectivity index (χ0n) is 17.4. The van der Waals surface area contributed by atoms with Gasteiger partial charge in [0.25, 0.3) is 0 Å². The fourth-order valence-corrected chi connectivity index (χ4v) is 3.88. The third kappa shape index (κ3) is 4.35. The molecule has 1 aliphatic rings. The average molecular weight is 371 g/mol. The maximum atomic E-state index is 14.7. The Morgan fingerprint density at radius 3 is 2.30 bits per heavy atom. The lowest BCUT2D eigenvalue weighted by atomic mass is 9.83. The SMILES string of the molecule is COc1ccc(F)c(-c2ccc(CC(C)(C)C)cc2[C@@H](OC)C2(C)CC2)c1. The first-order valence-electron chi connectivity index (χ1n) is 9.66. The van der Waals surface area contributed by atoms with E-state index in [-0.39, 0.29) is 22.8 Å². The van der Waals surface area contributed by atoms with Gasteiger partial charge in [-0.05, 0) is 65.0 Å². The van der Waals surface area contributed by atoms with E-state index < -0.39 is 0 Å². The summed E-state index contributed by atoms with van der Waals surface area (Å²) in [5.41, 5.74) is 4.11. The predicted molar refractivity (Wildman–Crippen MR) is 109 cm³/mol. The molecule has 0 radical (unpaired) electrons. The summed E-state index contributed by atoms with van der Waals surface area (Å²) in [7, 11) is 3.37. The topological polar surface area (TPSA) is 18.5 Å². The van der Waals surface area contributed by atoms with Gasteiger partial charge in [0.2, 0.25) is 0 Å². The van der Waals surface area contributed by atoms with Gasteiger partial charge in [-0.2, -0.15) is 0 Å². The maximum Gasteiger partial charge on any atom is 0.131 e. The molecule has 1 fully saturated rings. The van der Waals surface area contributed by atoms with E-state index in [9.17, 15) is 4.39 Å². The van der Waals surface area contributed by atoms with Gasteiger partial charge in [-0.3, -0.25) is 0 Å². The Hall–Kier alpha value is -1.87. The molecule has 1 atom stereocenters. The minimum Gasteiger partial charge on any atom is -0.497 e. The first-order valence-corrected chi connectivity index (χ1v) is 9.66. The zero-order chi connectivity index (χ0) is 19.8.